The molecule has 0 spiro atoms. The lowest BCUT2D eigenvalue weighted by atomic mass is 10.5. The summed E-state index contributed by atoms with van der Waals surface area (Å²) in [5, 5.41) is 2.17. The maximum absolute atomic E-state index is 2.36. The van der Waals surface area contributed by atoms with E-state index in [9.17, 15) is 0 Å². The van der Waals surface area contributed by atoms with Gasteiger partial charge in [0.15, 0.2) is 0 Å². The maximum atomic E-state index is 2.36. The molecule has 0 nitrogen and oxygen atoms in total. The first kappa shape index (κ1) is 8.60. The fourth-order valence-corrected chi connectivity index (χ4v) is 4.70. The van der Waals surface area contributed by atoms with Crippen molar-refractivity contribution in [1.29, 1.82) is 0 Å². The zero-order chi connectivity index (χ0) is 8.77. The van der Waals surface area contributed by atoms with E-state index < -0.39 is 10.0 Å². The fraction of sp³-hybridized carbons (Fsp3) is 0.333. The molecule has 0 saturated carbocycles. The van der Waals surface area contributed by atoms with Crippen molar-refractivity contribution in [3.8, 4) is 0 Å². The van der Waals surface area contributed by atoms with Crippen molar-refractivity contribution in [3.63, 3.8) is 0 Å². The monoisotopic (exact) mass is 216 g/mol. The molecule has 0 bridgehead atoms. The molecule has 66 valence electrons. The zero-order valence-electron chi connectivity index (χ0n) is 7.46. The number of hydrogen-bond donors (Lipinski definition) is 0. The topological polar surface area (TPSA) is 0 Å². The van der Waals surface area contributed by atoms with Crippen LogP contribution in [-0.4, -0.2) is 18.8 Å². The minimum Gasteiger partial charge on any atom is -0.214 e. The Kier molecular flexibility index (Phi) is 1.97. The predicted octanol–water partition coefficient (Wildman–Crippen LogP) is 4.02. The Morgan fingerprint density at radius 1 is 1.17 bits per heavy atom. The molecule has 2 heterocycles. The van der Waals surface area contributed by atoms with Gasteiger partial charge in [-0.3, -0.25) is 0 Å². The van der Waals surface area contributed by atoms with Crippen LogP contribution in [0.5, 0.6) is 0 Å². The molecule has 0 atom stereocenters. The quantitative estimate of drug-likeness (QED) is 0.675. The first-order valence-electron chi connectivity index (χ1n) is 3.73. The van der Waals surface area contributed by atoms with E-state index in [-0.39, 0.29) is 0 Å². The number of thiophene rings is 2. The summed E-state index contributed by atoms with van der Waals surface area (Å²) >= 11 is 3.81. The molecule has 0 saturated heterocycles. The first-order valence-corrected chi connectivity index (χ1v) is 8.28. The van der Waals surface area contributed by atoms with Crippen molar-refractivity contribution in [2.45, 2.75) is 4.21 Å². The van der Waals surface area contributed by atoms with Gasteiger partial charge in [-0.15, -0.1) is 22.7 Å². The van der Waals surface area contributed by atoms with Crippen molar-refractivity contribution >= 4 is 42.1 Å². The molecule has 0 aliphatic heterocycles. The second-order valence-electron chi connectivity index (χ2n) is 3.55. The lowest BCUT2D eigenvalue weighted by Gasteiger charge is -2.22. The summed E-state index contributed by atoms with van der Waals surface area (Å²) in [4.78, 5) is 0. The summed E-state index contributed by atoms with van der Waals surface area (Å²) in [5.74, 6) is 0. The summed E-state index contributed by atoms with van der Waals surface area (Å²) in [7, 11) is -0.509. The van der Waals surface area contributed by atoms with E-state index in [0.717, 1.165) is 0 Å². The van der Waals surface area contributed by atoms with E-state index in [0.29, 0.717) is 0 Å². The van der Waals surface area contributed by atoms with Crippen LogP contribution < -0.4 is 0 Å². The van der Waals surface area contributed by atoms with E-state index in [4.69, 9.17) is 0 Å². The molecule has 3 heteroatoms. The van der Waals surface area contributed by atoms with Gasteiger partial charge in [0.05, 0.1) is 0 Å². The highest BCUT2D eigenvalue weighted by molar-refractivity contribution is 8.33. The molecule has 0 unspecified atom stereocenters. The second kappa shape index (κ2) is 2.76. The lowest BCUT2D eigenvalue weighted by molar-refractivity contribution is 1.72. The van der Waals surface area contributed by atoms with Gasteiger partial charge in [-0.05, 0) is 36.3 Å². The third kappa shape index (κ3) is 1.41. The Morgan fingerprint density at radius 2 is 1.92 bits per heavy atom. The largest absolute Gasteiger partial charge is 0.214 e. The first-order chi connectivity index (χ1) is 5.57. The standard InChI is InChI=1S/C9H12S3/c1-12(2,3)9-6-8-7(11-9)4-5-10-8/h4-6H,1-3H3. The number of rotatable bonds is 1. The van der Waals surface area contributed by atoms with Crippen LogP contribution in [0.25, 0.3) is 9.40 Å². The fourth-order valence-electron chi connectivity index (χ4n) is 1.05. The predicted molar refractivity (Wildman–Crippen MR) is 63.3 cm³/mol. The molecule has 2 aromatic rings. The van der Waals surface area contributed by atoms with Crippen LogP contribution in [0.4, 0.5) is 0 Å². The van der Waals surface area contributed by atoms with Gasteiger partial charge in [-0.1, -0.05) is 0 Å². The van der Waals surface area contributed by atoms with Crippen LogP contribution in [0.1, 0.15) is 0 Å². The Bertz CT molecular complexity index is 360. The number of hydrogen-bond acceptors (Lipinski definition) is 2. The summed E-state index contributed by atoms with van der Waals surface area (Å²) in [5.41, 5.74) is 0. The lowest BCUT2D eigenvalue weighted by Crippen LogP contribution is -1.87. The molecular weight excluding hydrogens is 204 g/mol. The Morgan fingerprint density at radius 3 is 2.50 bits per heavy atom. The molecule has 0 fully saturated rings. The van der Waals surface area contributed by atoms with Gasteiger partial charge in [0.2, 0.25) is 0 Å². The third-order valence-electron chi connectivity index (χ3n) is 1.72. The Hall–Kier alpha value is 0.01000. The van der Waals surface area contributed by atoms with Crippen molar-refractivity contribution < 1.29 is 0 Å². The molecule has 0 radical (unpaired) electrons. The van der Waals surface area contributed by atoms with E-state index in [1.807, 2.05) is 22.7 Å². The van der Waals surface area contributed by atoms with Crippen molar-refractivity contribution in [2.75, 3.05) is 18.8 Å². The smallest absolute Gasteiger partial charge is 0.0462 e. The minimum atomic E-state index is -0.509. The van der Waals surface area contributed by atoms with Gasteiger partial charge in [0.25, 0.3) is 0 Å². The molecule has 0 amide bonds. The van der Waals surface area contributed by atoms with Gasteiger partial charge in [-0.2, -0.15) is 0 Å². The molecular formula is C9H12S3. The molecule has 0 N–H and O–H groups in total. The average Bonchev–Trinajstić information content (AvgIpc) is 2.37. The van der Waals surface area contributed by atoms with E-state index in [2.05, 4.69) is 36.3 Å². The zero-order valence-corrected chi connectivity index (χ0v) is 9.91. The highest BCUT2D eigenvalue weighted by Gasteiger charge is 2.11. The van der Waals surface area contributed by atoms with Gasteiger partial charge >= 0.3 is 0 Å². The Balaban J connectivity index is 2.59. The normalized spacial score (nSPS) is 13.9. The van der Waals surface area contributed by atoms with E-state index in [1.54, 1.807) is 4.21 Å². The van der Waals surface area contributed by atoms with Crippen LogP contribution in [0.15, 0.2) is 21.7 Å². The summed E-state index contributed by atoms with van der Waals surface area (Å²) in [6.45, 7) is 0. The van der Waals surface area contributed by atoms with Crippen LogP contribution in [0.3, 0.4) is 0 Å². The Labute approximate surface area is 82.5 Å². The van der Waals surface area contributed by atoms with Crippen molar-refractivity contribution in [2.24, 2.45) is 0 Å². The molecule has 2 aromatic heterocycles. The molecule has 0 aliphatic carbocycles. The van der Waals surface area contributed by atoms with Crippen molar-refractivity contribution in [1.82, 2.24) is 0 Å². The minimum absolute atomic E-state index is 0.509. The highest BCUT2D eigenvalue weighted by Crippen LogP contribution is 2.51. The summed E-state index contributed by atoms with van der Waals surface area (Å²) < 4.78 is 4.49. The van der Waals surface area contributed by atoms with Crippen LogP contribution >= 0.6 is 32.7 Å². The van der Waals surface area contributed by atoms with Crippen LogP contribution in [0, 0.1) is 0 Å². The summed E-state index contributed by atoms with van der Waals surface area (Å²) in [6, 6.07) is 4.58. The van der Waals surface area contributed by atoms with Crippen molar-refractivity contribution in [3.05, 3.63) is 17.5 Å². The maximum Gasteiger partial charge on any atom is 0.0462 e. The SMILES string of the molecule is CS(C)(C)c1cc2sccc2s1. The van der Waals surface area contributed by atoms with Gasteiger partial charge < -0.3 is 0 Å². The van der Waals surface area contributed by atoms with E-state index >= 15 is 0 Å². The van der Waals surface area contributed by atoms with Crippen LogP contribution in [0.2, 0.25) is 0 Å². The van der Waals surface area contributed by atoms with Gasteiger partial charge in [0, 0.05) is 13.6 Å². The van der Waals surface area contributed by atoms with Gasteiger partial charge in [0.1, 0.15) is 0 Å². The molecule has 0 aromatic carbocycles. The van der Waals surface area contributed by atoms with Crippen LogP contribution in [-0.2, 0) is 0 Å². The number of fused-ring (bicyclic) bond motifs is 1. The average molecular weight is 216 g/mol. The second-order valence-corrected chi connectivity index (χ2v) is 9.96. The summed E-state index contributed by atoms with van der Waals surface area (Å²) in [6.07, 6.45) is 7.05. The van der Waals surface area contributed by atoms with Gasteiger partial charge in [-0.25, -0.2) is 10.0 Å². The third-order valence-corrected chi connectivity index (χ3v) is 6.68. The molecule has 2 rings (SSSR count). The molecule has 0 aliphatic rings. The highest BCUT2D eigenvalue weighted by atomic mass is 32.3. The van der Waals surface area contributed by atoms with E-state index in [1.165, 1.54) is 9.40 Å². The molecule has 12 heavy (non-hydrogen) atoms.